The van der Waals surface area contributed by atoms with Crippen LogP contribution in [0, 0.1) is 5.92 Å². The van der Waals surface area contributed by atoms with Crippen LogP contribution in [0.5, 0.6) is 0 Å². The third-order valence-electron chi connectivity index (χ3n) is 5.30. The van der Waals surface area contributed by atoms with Gasteiger partial charge in [-0.3, -0.25) is 14.6 Å². The van der Waals surface area contributed by atoms with Gasteiger partial charge in [-0.2, -0.15) is 5.10 Å². The number of carbonyl (C=O) groups excluding carboxylic acids is 2. The number of carbonyl (C=O) groups is 2. The molecule has 0 unspecified atom stereocenters. The van der Waals surface area contributed by atoms with Gasteiger partial charge in [-0.1, -0.05) is 18.2 Å². The van der Waals surface area contributed by atoms with Gasteiger partial charge in [0.15, 0.2) is 0 Å². The molecule has 7 heteroatoms. The average Bonchev–Trinajstić information content (AvgIpc) is 3.25. The Labute approximate surface area is 169 Å². The number of pyridine rings is 1. The lowest BCUT2D eigenvalue weighted by atomic mass is 9.95. The molecule has 0 radical (unpaired) electrons. The van der Waals surface area contributed by atoms with Gasteiger partial charge in [0, 0.05) is 50.2 Å². The predicted octanol–water partition coefficient (Wildman–Crippen LogP) is 2.53. The maximum Gasteiger partial charge on any atom is 0.257 e. The van der Waals surface area contributed by atoms with Crippen LogP contribution in [-0.4, -0.2) is 51.6 Å². The number of para-hydroxylation sites is 1. The van der Waals surface area contributed by atoms with Crippen molar-refractivity contribution in [3.63, 3.8) is 0 Å². The molecule has 0 aliphatic carbocycles. The largest absolute Gasteiger partial charge is 0.359 e. The van der Waals surface area contributed by atoms with E-state index in [1.54, 1.807) is 30.3 Å². The molecule has 2 aromatic heterocycles. The molecular weight excluding hydrogens is 366 g/mol. The summed E-state index contributed by atoms with van der Waals surface area (Å²) >= 11 is 0. The lowest BCUT2D eigenvalue weighted by Crippen LogP contribution is -2.42. The van der Waals surface area contributed by atoms with Crippen LogP contribution in [0.2, 0.25) is 0 Å². The number of benzene rings is 1. The molecule has 3 heterocycles. The van der Waals surface area contributed by atoms with Gasteiger partial charge in [0.1, 0.15) is 5.69 Å². The van der Waals surface area contributed by atoms with E-state index in [4.69, 9.17) is 0 Å². The smallest absolute Gasteiger partial charge is 0.257 e. The first-order chi connectivity index (χ1) is 14.2. The standard InChI is InChI=1S/C22H23N5O2/c1-23-21(28)16-9-12-26(13-10-16)22(29)19-15-27(18-7-3-2-4-8-18)25-20(19)17-6-5-11-24-14-17/h2-8,11,14-16H,9-10,12-13H2,1H3,(H,23,28). The van der Waals surface area contributed by atoms with E-state index in [0.29, 0.717) is 37.2 Å². The minimum absolute atomic E-state index is 0.0334. The van der Waals surface area contributed by atoms with E-state index in [1.807, 2.05) is 47.4 Å². The van der Waals surface area contributed by atoms with Crippen molar-refractivity contribution in [1.29, 1.82) is 0 Å². The van der Waals surface area contributed by atoms with Crippen LogP contribution >= 0.6 is 0 Å². The Morgan fingerprint density at radius 3 is 2.48 bits per heavy atom. The summed E-state index contributed by atoms with van der Waals surface area (Å²) in [6, 6.07) is 13.4. The van der Waals surface area contributed by atoms with Gasteiger partial charge in [-0.05, 0) is 37.1 Å². The third-order valence-corrected chi connectivity index (χ3v) is 5.30. The van der Waals surface area contributed by atoms with Gasteiger partial charge in [0.05, 0.1) is 11.3 Å². The first kappa shape index (κ1) is 18.9. The highest BCUT2D eigenvalue weighted by Crippen LogP contribution is 2.26. The van der Waals surface area contributed by atoms with E-state index >= 15 is 0 Å². The maximum atomic E-state index is 13.3. The SMILES string of the molecule is CNC(=O)C1CCN(C(=O)c2cn(-c3ccccc3)nc2-c2cccnc2)CC1. The Bertz CT molecular complexity index is 993. The quantitative estimate of drug-likeness (QED) is 0.744. The number of hydrogen-bond acceptors (Lipinski definition) is 4. The zero-order valence-electron chi connectivity index (χ0n) is 16.3. The van der Waals surface area contributed by atoms with Crippen LogP contribution in [0.4, 0.5) is 0 Å². The summed E-state index contributed by atoms with van der Waals surface area (Å²) < 4.78 is 1.73. The monoisotopic (exact) mass is 389 g/mol. The summed E-state index contributed by atoms with van der Waals surface area (Å²) in [6.07, 6.45) is 6.53. The zero-order chi connectivity index (χ0) is 20.2. The topological polar surface area (TPSA) is 80.1 Å². The molecule has 0 spiro atoms. The van der Waals surface area contributed by atoms with Crippen molar-refractivity contribution in [2.24, 2.45) is 5.92 Å². The molecule has 4 rings (SSSR count). The second kappa shape index (κ2) is 8.26. The van der Waals surface area contributed by atoms with Crippen molar-refractivity contribution in [3.8, 4) is 16.9 Å². The molecular formula is C22H23N5O2. The minimum atomic E-state index is -0.0682. The molecule has 0 atom stereocenters. The van der Waals surface area contributed by atoms with Crippen LogP contribution in [0.1, 0.15) is 23.2 Å². The van der Waals surface area contributed by atoms with Crippen molar-refractivity contribution < 1.29 is 9.59 Å². The molecule has 1 saturated heterocycles. The Hall–Kier alpha value is -3.48. The summed E-state index contributed by atoms with van der Waals surface area (Å²) in [6.45, 7) is 1.11. The number of likely N-dealkylation sites (tertiary alicyclic amines) is 1. The second-order valence-corrected chi connectivity index (χ2v) is 7.09. The summed E-state index contributed by atoms with van der Waals surface area (Å²) in [5.41, 5.74) is 2.83. The summed E-state index contributed by atoms with van der Waals surface area (Å²) in [4.78, 5) is 31.2. The zero-order valence-corrected chi connectivity index (χ0v) is 16.3. The van der Waals surface area contributed by atoms with Gasteiger partial charge in [0.25, 0.3) is 5.91 Å². The molecule has 2 amide bonds. The van der Waals surface area contributed by atoms with Crippen LogP contribution in [0.15, 0.2) is 61.1 Å². The normalized spacial score (nSPS) is 14.6. The summed E-state index contributed by atoms with van der Waals surface area (Å²) in [7, 11) is 1.65. The molecule has 1 fully saturated rings. The molecule has 1 aliphatic heterocycles. The Kier molecular flexibility index (Phi) is 5.37. The number of rotatable bonds is 4. The van der Waals surface area contributed by atoms with Crippen LogP contribution < -0.4 is 5.32 Å². The van der Waals surface area contributed by atoms with Crippen molar-refractivity contribution in [2.75, 3.05) is 20.1 Å². The number of hydrogen-bond donors (Lipinski definition) is 1. The van der Waals surface area contributed by atoms with E-state index in [1.165, 1.54) is 0 Å². The Morgan fingerprint density at radius 2 is 1.83 bits per heavy atom. The van der Waals surface area contributed by atoms with E-state index in [9.17, 15) is 9.59 Å². The highest BCUT2D eigenvalue weighted by atomic mass is 16.2. The van der Waals surface area contributed by atoms with E-state index in [2.05, 4.69) is 15.4 Å². The van der Waals surface area contributed by atoms with Crippen LogP contribution in [0.25, 0.3) is 16.9 Å². The Balaban J connectivity index is 1.65. The van der Waals surface area contributed by atoms with Crippen molar-refractivity contribution in [1.82, 2.24) is 25.0 Å². The Morgan fingerprint density at radius 1 is 1.07 bits per heavy atom. The molecule has 1 aliphatic rings. The highest BCUT2D eigenvalue weighted by molar-refractivity contribution is 6.00. The highest BCUT2D eigenvalue weighted by Gasteiger charge is 2.29. The van der Waals surface area contributed by atoms with Crippen molar-refractivity contribution in [3.05, 3.63) is 66.6 Å². The number of amides is 2. The average molecular weight is 389 g/mol. The predicted molar refractivity (Wildman–Crippen MR) is 109 cm³/mol. The number of aromatic nitrogens is 3. The molecule has 1 aromatic carbocycles. The van der Waals surface area contributed by atoms with Crippen molar-refractivity contribution >= 4 is 11.8 Å². The third kappa shape index (κ3) is 3.89. The fraction of sp³-hybridized carbons (Fsp3) is 0.273. The van der Waals surface area contributed by atoms with Gasteiger partial charge >= 0.3 is 0 Å². The first-order valence-electron chi connectivity index (χ1n) is 9.73. The van der Waals surface area contributed by atoms with Gasteiger partial charge in [0.2, 0.25) is 5.91 Å². The van der Waals surface area contributed by atoms with Gasteiger partial charge in [-0.15, -0.1) is 0 Å². The summed E-state index contributed by atoms with van der Waals surface area (Å²) in [5.74, 6) is -0.0553. The van der Waals surface area contributed by atoms with Gasteiger partial charge in [-0.25, -0.2) is 4.68 Å². The molecule has 3 aromatic rings. The van der Waals surface area contributed by atoms with E-state index < -0.39 is 0 Å². The fourth-order valence-electron chi connectivity index (χ4n) is 3.68. The number of nitrogens with zero attached hydrogens (tertiary/aromatic N) is 4. The minimum Gasteiger partial charge on any atom is -0.359 e. The lowest BCUT2D eigenvalue weighted by Gasteiger charge is -2.31. The number of nitrogens with one attached hydrogen (secondary N) is 1. The second-order valence-electron chi connectivity index (χ2n) is 7.09. The maximum absolute atomic E-state index is 13.3. The first-order valence-corrected chi connectivity index (χ1v) is 9.73. The molecule has 29 heavy (non-hydrogen) atoms. The van der Waals surface area contributed by atoms with Crippen LogP contribution in [0.3, 0.4) is 0 Å². The summed E-state index contributed by atoms with van der Waals surface area (Å²) in [5, 5.41) is 7.39. The lowest BCUT2D eigenvalue weighted by molar-refractivity contribution is -0.125. The van der Waals surface area contributed by atoms with E-state index in [0.717, 1.165) is 11.3 Å². The molecule has 7 nitrogen and oxygen atoms in total. The van der Waals surface area contributed by atoms with Crippen LogP contribution in [-0.2, 0) is 4.79 Å². The van der Waals surface area contributed by atoms with E-state index in [-0.39, 0.29) is 17.7 Å². The fourth-order valence-corrected chi connectivity index (χ4v) is 3.68. The molecule has 1 N–H and O–H groups in total. The number of piperidine rings is 1. The van der Waals surface area contributed by atoms with Crippen molar-refractivity contribution in [2.45, 2.75) is 12.8 Å². The molecule has 0 bridgehead atoms. The molecule has 0 saturated carbocycles. The molecule has 148 valence electrons. The van der Waals surface area contributed by atoms with Gasteiger partial charge < -0.3 is 10.2 Å².